The molecule has 5 rings (SSSR count). The number of carbonyl (C=O) groups excluding carboxylic acids is 3. The third-order valence-corrected chi connectivity index (χ3v) is 8.12. The van der Waals surface area contributed by atoms with E-state index in [-0.39, 0.29) is 18.0 Å². The van der Waals surface area contributed by atoms with Gasteiger partial charge in [-0.15, -0.1) is 0 Å². The Hall–Kier alpha value is -5.10. The number of carbonyl (C=O) groups is 4. The highest BCUT2D eigenvalue weighted by Gasteiger charge is 2.28. The molecule has 5 amide bonds. The zero-order chi connectivity index (χ0) is 32.6. The molecule has 0 radical (unpaired) electrons. The number of morpholine rings is 1. The van der Waals surface area contributed by atoms with E-state index in [4.69, 9.17) is 4.74 Å². The molecular weight excluding hydrogens is 588 g/mol. The molecule has 242 valence electrons. The minimum absolute atomic E-state index is 0.00431. The molecule has 0 saturated carbocycles. The third-order valence-electron chi connectivity index (χ3n) is 8.12. The first-order valence-electron chi connectivity index (χ1n) is 15.4. The highest BCUT2D eigenvalue weighted by molar-refractivity contribution is 6.04. The molecule has 2 saturated heterocycles. The first kappa shape index (κ1) is 32.3. The summed E-state index contributed by atoms with van der Waals surface area (Å²) in [5, 5.41) is 18.1. The van der Waals surface area contributed by atoms with Crippen LogP contribution < -0.4 is 20.9 Å². The average Bonchev–Trinajstić information content (AvgIpc) is 3.04. The van der Waals surface area contributed by atoms with Crippen molar-refractivity contribution in [3.05, 3.63) is 89.0 Å². The lowest BCUT2D eigenvalue weighted by Crippen LogP contribution is -2.55. The molecule has 2 fully saturated rings. The maximum atomic E-state index is 13.5. The van der Waals surface area contributed by atoms with Crippen molar-refractivity contribution < 1.29 is 29.0 Å². The second-order valence-electron chi connectivity index (χ2n) is 11.6. The van der Waals surface area contributed by atoms with E-state index in [2.05, 4.69) is 20.9 Å². The van der Waals surface area contributed by atoms with Crippen molar-refractivity contribution in [2.75, 3.05) is 68.0 Å². The van der Waals surface area contributed by atoms with Gasteiger partial charge in [0.25, 0.3) is 5.91 Å². The monoisotopic (exact) mass is 628 g/mol. The number of amides is 5. The van der Waals surface area contributed by atoms with Crippen LogP contribution in [0.25, 0.3) is 0 Å². The van der Waals surface area contributed by atoms with Gasteiger partial charge in [0.15, 0.2) is 0 Å². The van der Waals surface area contributed by atoms with Gasteiger partial charge >= 0.3 is 18.0 Å². The van der Waals surface area contributed by atoms with Gasteiger partial charge in [-0.05, 0) is 55.3 Å². The molecule has 12 heteroatoms. The van der Waals surface area contributed by atoms with Gasteiger partial charge in [-0.1, -0.05) is 42.0 Å². The molecule has 12 nitrogen and oxygen atoms in total. The number of hydrogen-bond donors (Lipinski definition) is 4. The minimum atomic E-state index is -1.04. The second kappa shape index (κ2) is 14.8. The summed E-state index contributed by atoms with van der Waals surface area (Å²) in [6, 6.07) is 18.6. The summed E-state index contributed by atoms with van der Waals surface area (Å²) in [7, 11) is 0. The molecule has 46 heavy (non-hydrogen) atoms. The minimum Gasteiger partial charge on any atom is -0.481 e. The molecule has 0 aliphatic carbocycles. The summed E-state index contributed by atoms with van der Waals surface area (Å²) in [6.45, 7) is 8.15. The number of benzene rings is 3. The highest BCUT2D eigenvalue weighted by atomic mass is 16.5. The van der Waals surface area contributed by atoms with Gasteiger partial charge in [0.2, 0.25) is 0 Å². The molecule has 2 heterocycles. The second-order valence-corrected chi connectivity index (χ2v) is 11.6. The predicted molar refractivity (Wildman–Crippen MR) is 175 cm³/mol. The lowest BCUT2D eigenvalue weighted by Gasteiger charge is -2.39. The lowest BCUT2D eigenvalue weighted by molar-refractivity contribution is -0.137. The fourth-order valence-electron chi connectivity index (χ4n) is 5.62. The topological polar surface area (TPSA) is 144 Å². The molecule has 0 bridgehead atoms. The quantitative estimate of drug-likeness (QED) is 0.288. The summed E-state index contributed by atoms with van der Waals surface area (Å²) in [6.07, 6.45) is -0.287. The number of ether oxygens (including phenoxy) is 1. The van der Waals surface area contributed by atoms with E-state index < -0.39 is 23.9 Å². The number of urea groups is 2. The van der Waals surface area contributed by atoms with Crippen molar-refractivity contribution in [3.63, 3.8) is 0 Å². The molecular formula is C34H40N6O6. The molecule has 1 unspecified atom stereocenters. The van der Waals surface area contributed by atoms with Crippen LogP contribution >= 0.6 is 0 Å². The number of hydrogen-bond acceptors (Lipinski definition) is 6. The van der Waals surface area contributed by atoms with Crippen LogP contribution in [-0.2, 0) is 9.53 Å². The van der Waals surface area contributed by atoms with Crippen LogP contribution in [-0.4, -0.2) is 91.3 Å². The summed E-state index contributed by atoms with van der Waals surface area (Å²) in [5.74, 6) is -1.51. The predicted octanol–water partition coefficient (Wildman–Crippen LogP) is 4.47. The number of piperazine rings is 1. The number of nitrogens with one attached hydrogen (secondary N) is 3. The number of carboxylic acids is 1. The maximum Gasteiger partial charge on any atom is 0.323 e. The molecule has 4 N–H and O–H groups in total. The standard InChI is InChI=1S/C34H40N6O6/c1-23-6-8-25(9-7-23)28(22-31(41)42)36-32(43)26-10-11-30(29(21-26)37-33(44)35-27-5-3-4-24(2)20-27)38-12-14-39(15-13-38)34(45)40-16-18-46-19-17-40/h3-11,20-21,28H,12-19,22H2,1-2H3,(H,36,43)(H,41,42)(H2,35,37,44). The van der Waals surface area contributed by atoms with Gasteiger partial charge < -0.3 is 40.5 Å². The van der Waals surface area contributed by atoms with Crippen molar-refractivity contribution in [2.24, 2.45) is 0 Å². The van der Waals surface area contributed by atoms with E-state index in [1.807, 2.05) is 54.0 Å². The molecule has 0 aromatic heterocycles. The van der Waals surface area contributed by atoms with Crippen molar-refractivity contribution in [1.29, 1.82) is 0 Å². The molecule has 1 atom stereocenters. The van der Waals surface area contributed by atoms with Crippen molar-refractivity contribution in [3.8, 4) is 0 Å². The van der Waals surface area contributed by atoms with Crippen LogP contribution in [0.15, 0.2) is 66.7 Å². The van der Waals surface area contributed by atoms with Crippen LogP contribution in [0.1, 0.15) is 39.5 Å². The molecule has 2 aliphatic heterocycles. The number of anilines is 3. The lowest BCUT2D eigenvalue weighted by atomic mass is 10.0. The Morgan fingerprint density at radius 1 is 0.804 bits per heavy atom. The van der Waals surface area contributed by atoms with Gasteiger partial charge in [0.1, 0.15) is 0 Å². The largest absolute Gasteiger partial charge is 0.481 e. The fraction of sp³-hybridized carbons (Fsp3) is 0.353. The number of aryl methyl sites for hydroxylation is 2. The van der Waals surface area contributed by atoms with E-state index in [1.165, 1.54) is 0 Å². The van der Waals surface area contributed by atoms with Gasteiger partial charge in [0, 0.05) is 50.5 Å². The van der Waals surface area contributed by atoms with Crippen molar-refractivity contribution in [1.82, 2.24) is 15.1 Å². The van der Waals surface area contributed by atoms with E-state index >= 15 is 0 Å². The Labute approximate surface area is 268 Å². The van der Waals surface area contributed by atoms with Crippen molar-refractivity contribution in [2.45, 2.75) is 26.3 Å². The molecule has 3 aromatic carbocycles. The zero-order valence-corrected chi connectivity index (χ0v) is 26.1. The SMILES string of the molecule is Cc1ccc(C(CC(=O)O)NC(=O)c2ccc(N3CCN(C(=O)N4CCOCC4)CC3)c(NC(=O)Nc3cccc(C)c3)c2)cc1. The van der Waals surface area contributed by atoms with Gasteiger partial charge in [0.05, 0.1) is 37.1 Å². The zero-order valence-electron chi connectivity index (χ0n) is 26.1. The average molecular weight is 629 g/mol. The van der Waals surface area contributed by atoms with Gasteiger partial charge in [-0.2, -0.15) is 0 Å². The molecule has 3 aromatic rings. The Kier molecular flexibility index (Phi) is 10.4. The maximum absolute atomic E-state index is 13.5. The third kappa shape index (κ3) is 8.33. The van der Waals surface area contributed by atoms with E-state index in [0.29, 0.717) is 75.1 Å². The Balaban J connectivity index is 1.35. The first-order chi connectivity index (χ1) is 22.2. The summed E-state index contributed by atoms with van der Waals surface area (Å²) >= 11 is 0. The Morgan fingerprint density at radius 2 is 1.50 bits per heavy atom. The van der Waals surface area contributed by atoms with Crippen LogP contribution in [0.2, 0.25) is 0 Å². The summed E-state index contributed by atoms with van der Waals surface area (Å²) in [4.78, 5) is 57.0. The number of rotatable bonds is 8. The first-order valence-corrected chi connectivity index (χ1v) is 15.4. The van der Waals surface area contributed by atoms with Gasteiger partial charge in [-0.25, -0.2) is 9.59 Å². The van der Waals surface area contributed by atoms with Gasteiger partial charge in [-0.3, -0.25) is 9.59 Å². The smallest absolute Gasteiger partial charge is 0.323 e. The Bertz CT molecular complexity index is 1560. The number of aliphatic carboxylic acids is 1. The summed E-state index contributed by atoms with van der Waals surface area (Å²) < 4.78 is 5.38. The number of nitrogens with zero attached hydrogens (tertiary/aromatic N) is 3. The van der Waals surface area contributed by atoms with Crippen LogP contribution in [0.5, 0.6) is 0 Å². The Morgan fingerprint density at radius 3 is 2.17 bits per heavy atom. The van der Waals surface area contributed by atoms with E-state index in [1.54, 1.807) is 36.4 Å². The molecule has 0 spiro atoms. The van der Waals surface area contributed by atoms with E-state index in [9.17, 15) is 24.3 Å². The fourth-order valence-corrected chi connectivity index (χ4v) is 5.62. The van der Waals surface area contributed by atoms with Crippen LogP contribution in [0.3, 0.4) is 0 Å². The summed E-state index contributed by atoms with van der Waals surface area (Å²) in [5.41, 5.74) is 4.69. The van der Waals surface area contributed by atoms with E-state index in [0.717, 1.165) is 11.1 Å². The number of carboxylic acid groups (broad SMARTS) is 1. The van der Waals surface area contributed by atoms with Crippen LogP contribution in [0.4, 0.5) is 26.7 Å². The van der Waals surface area contributed by atoms with Crippen LogP contribution in [0, 0.1) is 13.8 Å². The molecule has 2 aliphatic rings. The highest BCUT2D eigenvalue weighted by Crippen LogP contribution is 2.30. The normalized spacial score (nSPS) is 15.6. The van der Waals surface area contributed by atoms with Crippen molar-refractivity contribution >= 4 is 41.0 Å².